The summed E-state index contributed by atoms with van der Waals surface area (Å²) in [5, 5.41) is 10.2. The summed E-state index contributed by atoms with van der Waals surface area (Å²) in [5.41, 5.74) is 0.519. The van der Waals surface area contributed by atoms with Gasteiger partial charge in [0.05, 0.1) is 29.1 Å². The fraction of sp³-hybridized carbons (Fsp3) is 0. The zero-order chi connectivity index (χ0) is 16.8. The molecule has 4 rings (SSSR count). The van der Waals surface area contributed by atoms with E-state index in [0.29, 0.717) is 21.8 Å². The predicted molar refractivity (Wildman–Crippen MR) is 87.3 cm³/mol. The molecule has 5 nitrogen and oxygen atoms in total. The Balaban J connectivity index is 2.49. The van der Waals surface area contributed by atoms with E-state index in [2.05, 4.69) is 9.83 Å². The molecule has 6 heteroatoms. The number of fused-ring (bicyclic) bond motifs is 4. The van der Waals surface area contributed by atoms with Crippen LogP contribution in [0, 0.1) is 23.7 Å². The van der Waals surface area contributed by atoms with Crippen molar-refractivity contribution in [3.8, 4) is 6.07 Å². The van der Waals surface area contributed by atoms with E-state index in [0.717, 1.165) is 0 Å². The fourth-order valence-electron chi connectivity index (χ4n) is 2.92. The Hall–Kier alpha value is -3.77. The molecule has 0 saturated heterocycles. The summed E-state index contributed by atoms with van der Waals surface area (Å²) in [4.78, 5) is 20.5. The van der Waals surface area contributed by atoms with E-state index in [1.165, 1.54) is 22.6 Å². The van der Waals surface area contributed by atoms with Crippen molar-refractivity contribution >= 4 is 33.2 Å². The van der Waals surface area contributed by atoms with Gasteiger partial charge in [-0.1, -0.05) is 12.1 Å². The van der Waals surface area contributed by atoms with E-state index in [4.69, 9.17) is 6.57 Å². The summed E-state index contributed by atoms with van der Waals surface area (Å²) >= 11 is 0. The van der Waals surface area contributed by atoms with Crippen LogP contribution in [0.3, 0.4) is 0 Å². The maximum atomic E-state index is 13.7. The summed E-state index contributed by atoms with van der Waals surface area (Å²) in [6.45, 7) is 7.21. The van der Waals surface area contributed by atoms with Gasteiger partial charge in [-0.2, -0.15) is 0 Å². The lowest BCUT2D eigenvalue weighted by atomic mass is 10.2. The second-order valence-corrected chi connectivity index (χ2v) is 5.20. The number of nitriles is 1. The molecule has 0 unspecified atom stereocenters. The van der Waals surface area contributed by atoms with Gasteiger partial charge >= 0.3 is 0 Å². The Morgan fingerprint density at radius 2 is 2.04 bits per heavy atom. The molecule has 0 N–H and O–H groups in total. The largest absolute Gasteiger partial charge is 0.273 e. The minimum absolute atomic E-state index is 0.185. The van der Waals surface area contributed by atoms with Crippen molar-refractivity contribution in [3.05, 3.63) is 75.3 Å². The third-order valence-electron chi connectivity index (χ3n) is 3.92. The highest BCUT2D eigenvalue weighted by Gasteiger charge is 2.16. The maximum absolute atomic E-state index is 13.7. The van der Waals surface area contributed by atoms with Crippen LogP contribution >= 0.6 is 0 Å². The van der Waals surface area contributed by atoms with Crippen molar-refractivity contribution < 1.29 is 4.39 Å². The molecule has 0 saturated carbocycles. The summed E-state index contributed by atoms with van der Waals surface area (Å²) in [6, 6.07) is 12.5. The topological polar surface area (TPSA) is 62.5 Å². The number of rotatable bonds is 0. The number of hydrogen-bond donors (Lipinski definition) is 0. The number of aromatic nitrogens is 2. The van der Waals surface area contributed by atoms with Gasteiger partial charge in [0.15, 0.2) is 0 Å². The quantitative estimate of drug-likeness (QED) is 0.468. The molecule has 0 atom stereocenters. The molecule has 0 amide bonds. The molecule has 2 aromatic carbocycles. The molecule has 112 valence electrons. The van der Waals surface area contributed by atoms with E-state index in [9.17, 15) is 14.4 Å². The molecule has 4 aromatic rings. The Kier molecular flexibility index (Phi) is 2.81. The molecular formula is C18H7FN4O. The highest BCUT2D eigenvalue weighted by Crippen LogP contribution is 2.18. The van der Waals surface area contributed by atoms with Crippen LogP contribution in [0.5, 0.6) is 0 Å². The standard InChI is InChI=1S/C18H7FN4O/c1-21-14(9-20)16-12-8-10(19)6-7-15(12)23-17(16)22-13-5-3-2-4-11(13)18(23)24/h2-8H/b16-14-. The minimum atomic E-state index is -0.515. The van der Waals surface area contributed by atoms with Crippen LogP contribution in [0.1, 0.15) is 0 Å². The Labute approximate surface area is 134 Å². The van der Waals surface area contributed by atoms with Gasteiger partial charge in [-0.15, -0.1) is 0 Å². The molecule has 24 heavy (non-hydrogen) atoms. The van der Waals surface area contributed by atoms with Crippen LogP contribution < -0.4 is 10.8 Å². The molecule has 2 aromatic heterocycles. The van der Waals surface area contributed by atoms with Gasteiger partial charge in [-0.3, -0.25) is 9.20 Å². The van der Waals surface area contributed by atoms with Gasteiger partial charge in [0.2, 0.25) is 0 Å². The number of hydrogen-bond acceptors (Lipinski definition) is 3. The number of para-hydroxylation sites is 1. The highest BCUT2D eigenvalue weighted by atomic mass is 19.1. The Morgan fingerprint density at radius 3 is 2.79 bits per heavy atom. The monoisotopic (exact) mass is 314 g/mol. The van der Waals surface area contributed by atoms with Crippen molar-refractivity contribution in [3.63, 3.8) is 0 Å². The SMILES string of the molecule is [C-]#[N+]/C(C#N)=c1/c2cc(F)ccc2n2c(=O)c3ccccc3nc12. The number of benzene rings is 2. The van der Waals surface area contributed by atoms with E-state index in [-0.39, 0.29) is 22.1 Å². The van der Waals surface area contributed by atoms with Crippen LogP contribution in [-0.4, -0.2) is 9.38 Å². The average molecular weight is 314 g/mol. The van der Waals surface area contributed by atoms with Gasteiger partial charge in [0, 0.05) is 10.6 Å². The third-order valence-corrected chi connectivity index (χ3v) is 3.92. The molecule has 0 aliphatic carbocycles. The van der Waals surface area contributed by atoms with Gasteiger partial charge in [-0.05, 0) is 30.3 Å². The Bertz CT molecular complexity index is 1340. The van der Waals surface area contributed by atoms with Crippen LogP contribution in [-0.2, 0) is 0 Å². The maximum Gasteiger partial charge on any atom is 0.273 e. The lowest BCUT2D eigenvalue weighted by Crippen LogP contribution is -2.16. The van der Waals surface area contributed by atoms with Crippen molar-refractivity contribution in [2.45, 2.75) is 0 Å². The van der Waals surface area contributed by atoms with Crippen LogP contribution in [0.2, 0.25) is 0 Å². The second kappa shape index (κ2) is 4.87. The van der Waals surface area contributed by atoms with Gasteiger partial charge < -0.3 is 0 Å². The van der Waals surface area contributed by atoms with E-state index in [1.54, 1.807) is 24.3 Å². The molecular weight excluding hydrogens is 307 g/mol. The van der Waals surface area contributed by atoms with E-state index >= 15 is 0 Å². The first-order valence-electron chi connectivity index (χ1n) is 7.00. The molecule has 0 radical (unpaired) electrons. The second-order valence-electron chi connectivity index (χ2n) is 5.20. The zero-order valence-electron chi connectivity index (χ0n) is 12.1. The predicted octanol–water partition coefficient (Wildman–Crippen LogP) is 2.41. The van der Waals surface area contributed by atoms with Crippen molar-refractivity contribution in [1.29, 1.82) is 5.26 Å². The third kappa shape index (κ3) is 1.71. The highest BCUT2D eigenvalue weighted by molar-refractivity contribution is 5.94. The summed E-state index contributed by atoms with van der Waals surface area (Å²) in [6.07, 6.45) is 0. The van der Waals surface area contributed by atoms with Crippen LogP contribution in [0.25, 0.3) is 38.0 Å². The number of nitrogens with zero attached hydrogens (tertiary/aromatic N) is 4. The Morgan fingerprint density at radius 1 is 1.25 bits per heavy atom. The lowest BCUT2D eigenvalue weighted by molar-refractivity contribution is 0.629. The molecule has 2 heterocycles. The zero-order valence-corrected chi connectivity index (χ0v) is 12.1. The first kappa shape index (κ1) is 13.9. The van der Waals surface area contributed by atoms with Crippen LogP contribution in [0.4, 0.5) is 4.39 Å². The normalized spacial score (nSPS) is 12.3. The van der Waals surface area contributed by atoms with E-state index in [1.807, 2.05) is 6.07 Å². The average Bonchev–Trinajstić information content (AvgIpc) is 2.90. The summed E-state index contributed by atoms with van der Waals surface area (Å²) in [7, 11) is 0. The smallest absolute Gasteiger partial charge is 0.268 e. The van der Waals surface area contributed by atoms with Gasteiger partial charge in [0.25, 0.3) is 11.3 Å². The molecule has 0 bridgehead atoms. The first-order chi connectivity index (χ1) is 11.7. The molecule has 0 fully saturated rings. The van der Waals surface area contributed by atoms with Gasteiger partial charge in [0.1, 0.15) is 11.5 Å². The van der Waals surface area contributed by atoms with Crippen molar-refractivity contribution in [2.24, 2.45) is 0 Å². The van der Waals surface area contributed by atoms with Crippen LogP contribution in [0.15, 0.2) is 47.3 Å². The first-order valence-corrected chi connectivity index (χ1v) is 7.00. The lowest BCUT2D eigenvalue weighted by Gasteiger charge is -1.99. The minimum Gasteiger partial charge on any atom is -0.268 e. The molecule has 0 aliphatic heterocycles. The fourth-order valence-corrected chi connectivity index (χ4v) is 2.92. The van der Waals surface area contributed by atoms with Crippen molar-refractivity contribution in [2.75, 3.05) is 0 Å². The van der Waals surface area contributed by atoms with Crippen molar-refractivity contribution in [1.82, 2.24) is 9.38 Å². The van der Waals surface area contributed by atoms with E-state index < -0.39 is 5.82 Å². The molecule has 0 aliphatic rings. The summed E-state index contributed by atoms with van der Waals surface area (Å²) in [5.74, 6) is -0.515. The summed E-state index contributed by atoms with van der Waals surface area (Å²) < 4.78 is 15.0. The van der Waals surface area contributed by atoms with Gasteiger partial charge in [-0.25, -0.2) is 19.5 Å². The number of halogens is 1. The molecule has 0 spiro atoms.